The number of hydrogen-bond donors (Lipinski definition) is 1. The van der Waals surface area contributed by atoms with E-state index in [1.165, 1.54) is 35.4 Å². The number of ether oxygens (including phenoxy) is 1. The van der Waals surface area contributed by atoms with Crippen LogP contribution in [0.3, 0.4) is 0 Å². The van der Waals surface area contributed by atoms with Crippen LogP contribution in [0, 0.1) is 19.7 Å². The third kappa shape index (κ3) is 4.79. The summed E-state index contributed by atoms with van der Waals surface area (Å²) in [5, 5.41) is 11.1. The van der Waals surface area contributed by atoms with Gasteiger partial charge >= 0.3 is 0 Å². The molecule has 0 aliphatic carbocycles. The number of likely N-dealkylation sites (tertiary alicyclic amines) is 1. The number of Topliss-reactive ketones (excluding diaryl/α,β-unsaturated/α-hetero) is 1. The molecule has 1 N–H and O–H groups in total. The van der Waals surface area contributed by atoms with Crippen LogP contribution in [-0.2, 0) is 14.3 Å². The molecule has 2 aliphatic heterocycles. The molecule has 2 aromatic rings. The Kier molecular flexibility index (Phi) is 6.80. The number of aliphatic hydroxyl groups excluding tert-OH is 1. The number of halogens is 1. The molecule has 0 bridgehead atoms. The van der Waals surface area contributed by atoms with Crippen LogP contribution >= 0.6 is 0 Å². The lowest BCUT2D eigenvalue weighted by molar-refractivity contribution is -0.140. The van der Waals surface area contributed by atoms with Gasteiger partial charge in [-0.3, -0.25) is 14.5 Å². The summed E-state index contributed by atoms with van der Waals surface area (Å²) >= 11 is 0. The number of hydrogen-bond acceptors (Lipinski definition) is 7. The van der Waals surface area contributed by atoms with Gasteiger partial charge in [0.2, 0.25) is 0 Å². The minimum absolute atomic E-state index is 0.0338. The van der Waals surface area contributed by atoms with Crippen molar-refractivity contribution in [1.82, 2.24) is 19.8 Å². The molecule has 2 aliphatic rings. The average molecular weight is 455 g/mol. The third-order valence-corrected chi connectivity index (χ3v) is 6.06. The Morgan fingerprint density at radius 2 is 1.85 bits per heavy atom. The molecular weight excluding hydrogens is 427 g/mol. The fourth-order valence-electron chi connectivity index (χ4n) is 4.35. The van der Waals surface area contributed by atoms with E-state index in [0.29, 0.717) is 48.8 Å². The summed E-state index contributed by atoms with van der Waals surface area (Å²) < 4.78 is 19.0. The molecule has 1 atom stereocenters. The number of morpholine rings is 1. The van der Waals surface area contributed by atoms with Crippen molar-refractivity contribution < 1.29 is 23.8 Å². The lowest BCUT2D eigenvalue weighted by atomic mass is 9.95. The molecule has 4 rings (SSSR count). The van der Waals surface area contributed by atoms with Gasteiger partial charge in [-0.25, -0.2) is 14.4 Å². The quantitative estimate of drug-likeness (QED) is 0.407. The Bertz CT molecular complexity index is 1080. The average Bonchev–Trinajstić information content (AvgIpc) is 3.05. The highest BCUT2D eigenvalue weighted by Gasteiger charge is 2.46. The van der Waals surface area contributed by atoms with E-state index in [1.54, 1.807) is 13.8 Å². The van der Waals surface area contributed by atoms with Crippen LogP contribution in [0.25, 0.3) is 5.76 Å². The minimum Gasteiger partial charge on any atom is -0.507 e. The molecule has 1 amide bonds. The topological polar surface area (TPSA) is 95.9 Å². The molecule has 33 heavy (non-hydrogen) atoms. The van der Waals surface area contributed by atoms with Crippen molar-refractivity contribution in [2.24, 2.45) is 0 Å². The zero-order valence-corrected chi connectivity index (χ0v) is 18.8. The standard InChI is InChI=1S/C24H27FN4O4/c1-15-19(14-26-16(2)27-15)22(30)20-21(17-4-6-18(25)7-5-17)29(24(32)23(20)31)9-3-8-28-10-12-33-13-11-28/h4-7,14,21,30H,3,8-13H2,1-2H3/t21-/m0/s1. The number of carbonyl (C=O) groups is 2. The normalized spacial score (nSPS) is 21.1. The maximum atomic E-state index is 13.6. The maximum Gasteiger partial charge on any atom is 0.295 e. The minimum atomic E-state index is -0.823. The second kappa shape index (κ2) is 9.76. The Labute approximate surface area is 191 Å². The molecule has 0 unspecified atom stereocenters. The van der Waals surface area contributed by atoms with Gasteiger partial charge in [0.05, 0.1) is 36.1 Å². The summed E-state index contributed by atoms with van der Waals surface area (Å²) in [6.07, 6.45) is 2.10. The molecule has 2 saturated heterocycles. The number of amides is 1. The molecule has 0 radical (unpaired) electrons. The number of aryl methyl sites for hydroxylation is 2. The fourth-order valence-corrected chi connectivity index (χ4v) is 4.35. The van der Waals surface area contributed by atoms with Crippen LogP contribution in [0.1, 0.15) is 35.1 Å². The summed E-state index contributed by atoms with van der Waals surface area (Å²) in [7, 11) is 0. The van der Waals surface area contributed by atoms with Crippen molar-refractivity contribution in [1.29, 1.82) is 0 Å². The van der Waals surface area contributed by atoms with Crippen LogP contribution in [-0.4, -0.2) is 76.0 Å². The van der Waals surface area contributed by atoms with Crippen molar-refractivity contribution in [3.8, 4) is 0 Å². The van der Waals surface area contributed by atoms with Gasteiger partial charge in [0.1, 0.15) is 17.4 Å². The monoisotopic (exact) mass is 454 g/mol. The van der Waals surface area contributed by atoms with E-state index in [9.17, 15) is 19.1 Å². The van der Waals surface area contributed by atoms with E-state index >= 15 is 0 Å². The number of rotatable bonds is 6. The van der Waals surface area contributed by atoms with E-state index in [4.69, 9.17) is 4.74 Å². The molecule has 0 saturated carbocycles. The van der Waals surface area contributed by atoms with Crippen LogP contribution in [0.2, 0.25) is 0 Å². The highest BCUT2D eigenvalue weighted by Crippen LogP contribution is 2.39. The van der Waals surface area contributed by atoms with E-state index < -0.39 is 23.5 Å². The number of benzene rings is 1. The Morgan fingerprint density at radius 1 is 1.15 bits per heavy atom. The summed E-state index contributed by atoms with van der Waals surface area (Å²) in [6, 6.07) is 4.81. The highest BCUT2D eigenvalue weighted by molar-refractivity contribution is 6.46. The molecule has 174 valence electrons. The van der Waals surface area contributed by atoms with Crippen LogP contribution in [0.4, 0.5) is 4.39 Å². The van der Waals surface area contributed by atoms with Crippen molar-refractivity contribution >= 4 is 17.4 Å². The van der Waals surface area contributed by atoms with Crippen molar-refractivity contribution in [2.75, 3.05) is 39.4 Å². The zero-order valence-electron chi connectivity index (χ0n) is 18.8. The second-order valence-corrected chi connectivity index (χ2v) is 8.27. The van der Waals surface area contributed by atoms with Crippen molar-refractivity contribution in [2.45, 2.75) is 26.3 Å². The first-order chi connectivity index (χ1) is 15.9. The largest absolute Gasteiger partial charge is 0.507 e. The van der Waals surface area contributed by atoms with Gasteiger partial charge < -0.3 is 14.7 Å². The van der Waals surface area contributed by atoms with Gasteiger partial charge in [-0.2, -0.15) is 0 Å². The third-order valence-electron chi connectivity index (χ3n) is 6.06. The number of nitrogens with zero attached hydrogens (tertiary/aromatic N) is 4. The predicted molar refractivity (Wildman–Crippen MR) is 119 cm³/mol. The van der Waals surface area contributed by atoms with Crippen LogP contribution < -0.4 is 0 Å². The summed E-state index contributed by atoms with van der Waals surface area (Å²) in [4.78, 5) is 38.2. The summed E-state index contributed by atoms with van der Waals surface area (Å²) in [6.45, 7) is 7.52. The lowest BCUT2D eigenvalue weighted by Gasteiger charge is -2.29. The maximum absolute atomic E-state index is 13.6. The van der Waals surface area contributed by atoms with E-state index in [-0.39, 0.29) is 11.3 Å². The predicted octanol–water partition coefficient (Wildman–Crippen LogP) is 2.38. The zero-order chi connectivity index (χ0) is 23.5. The molecule has 9 heteroatoms. The Morgan fingerprint density at radius 3 is 2.52 bits per heavy atom. The fraction of sp³-hybridized carbons (Fsp3) is 0.417. The molecule has 1 aromatic heterocycles. The van der Waals surface area contributed by atoms with E-state index in [1.807, 2.05) is 0 Å². The van der Waals surface area contributed by atoms with E-state index in [0.717, 1.165) is 19.6 Å². The first kappa shape index (κ1) is 23.0. The van der Waals surface area contributed by atoms with Gasteiger partial charge in [0.15, 0.2) is 0 Å². The van der Waals surface area contributed by atoms with Crippen molar-refractivity contribution in [3.05, 3.63) is 64.5 Å². The number of carbonyl (C=O) groups excluding carboxylic acids is 2. The van der Waals surface area contributed by atoms with Crippen molar-refractivity contribution in [3.63, 3.8) is 0 Å². The van der Waals surface area contributed by atoms with Gasteiger partial charge in [0.25, 0.3) is 11.7 Å². The number of aliphatic hydroxyl groups is 1. The van der Waals surface area contributed by atoms with Gasteiger partial charge in [-0.1, -0.05) is 12.1 Å². The Hall–Kier alpha value is -3.17. The van der Waals surface area contributed by atoms with Crippen LogP contribution in [0.15, 0.2) is 36.0 Å². The SMILES string of the molecule is Cc1ncc(C(O)=C2C(=O)C(=O)N(CCCN3CCOCC3)[C@H]2c2ccc(F)cc2)c(C)n1. The van der Waals surface area contributed by atoms with Gasteiger partial charge in [0, 0.05) is 32.4 Å². The Balaban J connectivity index is 1.69. The lowest BCUT2D eigenvalue weighted by Crippen LogP contribution is -2.38. The van der Waals surface area contributed by atoms with E-state index in [2.05, 4.69) is 14.9 Å². The smallest absolute Gasteiger partial charge is 0.295 e. The second-order valence-electron chi connectivity index (χ2n) is 8.27. The molecule has 2 fully saturated rings. The van der Waals surface area contributed by atoms with Crippen LogP contribution in [0.5, 0.6) is 0 Å². The molecule has 1 aromatic carbocycles. The first-order valence-electron chi connectivity index (χ1n) is 11.0. The molecule has 0 spiro atoms. The number of aromatic nitrogens is 2. The van der Waals surface area contributed by atoms with Gasteiger partial charge in [-0.15, -0.1) is 0 Å². The molecule has 3 heterocycles. The summed E-state index contributed by atoms with van der Waals surface area (Å²) in [5.74, 6) is -1.67. The molecular formula is C24H27FN4O4. The highest BCUT2D eigenvalue weighted by atomic mass is 19.1. The summed E-state index contributed by atoms with van der Waals surface area (Å²) in [5.41, 5.74) is 1.30. The molecule has 8 nitrogen and oxygen atoms in total. The number of ketones is 1. The first-order valence-corrected chi connectivity index (χ1v) is 11.0. The van der Waals surface area contributed by atoms with Gasteiger partial charge in [-0.05, 0) is 38.0 Å².